The lowest BCUT2D eigenvalue weighted by Crippen LogP contribution is -2.27. The minimum Gasteiger partial charge on any atom is -0.316 e. The van der Waals surface area contributed by atoms with Crippen LogP contribution in [0.1, 0.15) is 62.6 Å². The van der Waals surface area contributed by atoms with Crippen LogP contribution in [0.4, 0.5) is 0 Å². The Hall–Kier alpha value is -1.23. The lowest BCUT2D eigenvalue weighted by atomic mass is 10.1. The lowest BCUT2D eigenvalue weighted by Gasteiger charge is -2.20. The zero-order valence-corrected chi connectivity index (χ0v) is 18.9. The fourth-order valence-electron chi connectivity index (χ4n) is 4.34. The molecular weight excluding hydrogens is 362 g/mol. The zero-order chi connectivity index (χ0) is 19.9. The number of thiazole rings is 1. The normalized spacial score (nSPS) is 21.4. The van der Waals surface area contributed by atoms with E-state index in [1.165, 1.54) is 71.9 Å². The summed E-state index contributed by atoms with van der Waals surface area (Å²) in [5.74, 6) is 0. The topological polar surface area (TPSA) is 28.2 Å². The van der Waals surface area contributed by atoms with Gasteiger partial charge in [0.05, 0.1) is 5.69 Å². The molecule has 0 radical (unpaired) electrons. The maximum Gasteiger partial charge on any atom is 0.123 e. The lowest BCUT2D eigenvalue weighted by molar-refractivity contribution is 0.263. The maximum atomic E-state index is 4.89. The molecule has 1 N–H and O–H groups in total. The van der Waals surface area contributed by atoms with Crippen LogP contribution in [-0.2, 0) is 19.3 Å². The van der Waals surface area contributed by atoms with Crippen LogP contribution >= 0.6 is 11.3 Å². The molecule has 1 aliphatic carbocycles. The molecule has 154 valence electrons. The van der Waals surface area contributed by atoms with Crippen molar-refractivity contribution in [2.45, 2.75) is 77.8 Å². The first kappa shape index (κ1) is 21.5. The Bertz CT molecular complexity index is 698. The van der Waals surface area contributed by atoms with Crippen molar-refractivity contribution in [3.8, 4) is 10.6 Å². The number of hydrogen-bond donors (Lipinski definition) is 1. The number of unbranched alkanes of at least 4 members (excludes halogenated alkanes) is 1. The van der Waals surface area contributed by atoms with Crippen LogP contribution in [0.25, 0.3) is 10.6 Å². The molecule has 1 aliphatic heterocycles. The number of hydrogen-bond acceptors (Lipinski definition) is 4. The van der Waals surface area contributed by atoms with Gasteiger partial charge in [-0.15, -0.1) is 11.3 Å². The molecule has 4 rings (SSSR count). The van der Waals surface area contributed by atoms with Crippen molar-refractivity contribution in [3.63, 3.8) is 0 Å². The number of aromatic nitrogens is 1. The van der Waals surface area contributed by atoms with E-state index < -0.39 is 0 Å². The Kier molecular flexibility index (Phi) is 8.07. The van der Waals surface area contributed by atoms with Crippen LogP contribution in [0.15, 0.2) is 24.3 Å². The monoisotopic (exact) mass is 399 g/mol. The second kappa shape index (κ2) is 10.5. The summed E-state index contributed by atoms with van der Waals surface area (Å²) in [6.07, 6.45) is 8.79. The summed E-state index contributed by atoms with van der Waals surface area (Å²) in [6.45, 7) is 8.96. The fourth-order valence-corrected chi connectivity index (χ4v) is 5.52. The van der Waals surface area contributed by atoms with Crippen molar-refractivity contribution in [1.82, 2.24) is 15.2 Å². The number of aryl methyl sites for hydroxylation is 1. The molecule has 28 heavy (non-hydrogen) atoms. The van der Waals surface area contributed by atoms with Crippen LogP contribution in [0.5, 0.6) is 0 Å². The molecule has 1 aromatic carbocycles. The molecule has 1 saturated heterocycles. The SMILES string of the molecule is CC.CNC1Cc2nc(-c3ccc(CCCCN4CCCC4C)cc3)sc2C1. The molecule has 2 aliphatic rings. The second-order valence-corrected chi connectivity index (χ2v) is 9.05. The predicted octanol–water partition coefficient (Wildman–Crippen LogP) is 5.33. The average Bonchev–Trinajstić information content (AvgIpc) is 3.42. The van der Waals surface area contributed by atoms with Gasteiger partial charge in [-0.3, -0.25) is 0 Å². The molecular formula is C24H37N3S. The minimum absolute atomic E-state index is 0.587. The summed E-state index contributed by atoms with van der Waals surface area (Å²) in [6, 6.07) is 10.5. The van der Waals surface area contributed by atoms with Gasteiger partial charge in [-0.05, 0) is 71.1 Å². The molecule has 2 heterocycles. The van der Waals surface area contributed by atoms with Crippen molar-refractivity contribution in [2.75, 3.05) is 20.1 Å². The highest BCUT2D eigenvalue weighted by molar-refractivity contribution is 7.15. The first-order valence-electron chi connectivity index (χ1n) is 11.2. The fraction of sp³-hybridized carbons (Fsp3) is 0.625. The molecule has 1 aromatic heterocycles. The Morgan fingerprint density at radius 2 is 1.93 bits per heavy atom. The van der Waals surface area contributed by atoms with Crippen LogP contribution in [0.2, 0.25) is 0 Å². The third-order valence-electron chi connectivity index (χ3n) is 6.11. The van der Waals surface area contributed by atoms with Crippen LogP contribution < -0.4 is 5.32 Å². The van der Waals surface area contributed by atoms with Crippen molar-refractivity contribution in [3.05, 3.63) is 40.4 Å². The first-order chi connectivity index (χ1) is 13.7. The molecule has 4 heteroatoms. The number of likely N-dealkylation sites (N-methyl/N-ethyl adjacent to an activating group) is 1. The van der Waals surface area contributed by atoms with E-state index in [2.05, 4.69) is 41.4 Å². The summed E-state index contributed by atoms with van der Waals surface area (Å²) >= 11 is 1.88. The molecule has 0 amide bonds. The number of benzene rings is 1. The van der Waals surface area contributed by atoms with E-state index in [0.29, 0.717) is 6.04 Å². The molecule has 2 atom stereocenters. The molecule has 2 unspecified atom stereocenters. The van der Waals surface area contributed by atoms with Crippen molar-refractivity contribution >= 4 is 11.3 Å². The van der Waals surface area contributed by atoms with E-state index in [9.17, 15) is 0 Å². The van der Waals surface area contributed by atoms with Gasteiger partial charge in [-0.2, -0.15) is 0 Å². The molecule has 0 spiro atoms. The highest BCUT2D eigenvalue weighted by Crippen LogP contribution is 2.33. The van der Waals surface area contributed by atoms with E-state index in [1.807, 2.05) is 32.2 Å². The number of nitrogens with one attached hydrogen (secondary N) is 1. The Labute approximate surface area is 175 Å². The van der Waals surface area contributed by atoms with Gasteiger partial charge in [-0.1, -0.05) is 38.1 Å². The minimum atomic E-state index is 0.587. The van der Waals surface area contributed by atoms with E-state index in [-0.39, 0.29) is 0 Å². The number of fused-ring (bicyclic) bond motifs is 1. The summed E-state index contributed by atoms with van der Waals surface area (Å²) in [4.78, 5) is 9.02. The van der Waals surface area contributed by atoms with E-state index in [4.69, 9.17) is 4.98 Å². The quantitative estimate of drug-likeness (QED) is 0.638. The van der Waals surface area contributed by atoms with Crippen LogP contribution in [-0.4, -0.2) is 42.1 Å². The van der Waals surface area contributed by atoms with Crippen molar-refractivity contribution < 1.29 is 0 Å². The molecule has 1 fully saturated rings. The highest BCUT2D eigenvalue weighted by Gasteiger charge is 2.24. The maximum absolute atomic E-state index is 4.89. The van der Waals surface area contributed by atoms with Gasteiger partial charge in [-0.25, -0.2) is 4.98 Å². The van der Waals surface area contributed by atoms with Gasteiger partial charge >= 0.3 is 0 Å². The average molecular weight is 400 g/mol. The molecule has 0 bridgehead atoms. The van der Waals surface area contributed by atoms with Crippen LogP contribution in [0, 0.1) is 0 Å². The van der Waals surface area contributed by atoms with Gasteiger partial charge < -0.3 is 10.2 Å². The van der Waals surface area contributed by atoms with E-state index in [0.717, 1.165) is 18.9 Å². The summed E-state index contributed by atoms with van der Waals surface area (Å²) < 4.78 is 0. The first-order valence-corrected chi connectivity index (χ1v) is 12.0. The predicted molar refractivity (Wildman–Crippen MR) is 122 cm³/mol. The third kappa shape index (κ3) is 5.22. The molecule has 0 saturated carbocycles. The smallest absolute Gasteiger partial charge is 0.123 e. The Morgan fingerprint density at radius 1 is 1.14 bits per heavy atom. The van der Waals surface area contributed by atoms with Crippen LogP contribution in [0.3, 0.4) is 0 Å². The summed E-state index contributed by atoms with van der Waals surface area (Å²) in [7, 11) is 2.05. The molecule has 3 nitrogen and oxygen atoms in total. The van der Waals surface area contributed by atoms with Gasteiger partial charge in [0.1, 0.15) is 5.01 Å². The third-order valence-corrected chi connectivity index (χ3v) is 7.28. The zero-order valence-electron chi connectivity index (χ0n) is 18.1. The number of nitrogens with zero attached hydrogens (tertiary/aromatic N) is 2. The van der Waals surface area contributed by atoms with Gasteiger partial charge in [0.2, 0.25) is 0 Å². The second-order valence-electron chi connectivity index (χ2n) is 7.96. The van der Waals surface area contributed by atoms with E-state index >= 15 is 0 Å². The Balaban J connectivity index is 0.00000109. The Morgan fingerprint density at radius 3 is 2.57 bits per heavy atom. The van der Waals surface area contributed by atoms with Crippen molar-refractivity contribution in [1.29, 1.82) is 0 Å². The van der Waals surface area contributed by atoms with Gasteiger partial charge in [0, 0.05) is 28.9 Å². The molecule has 2 aromatic rings. The standard InChI is InChI=1S/C22H31N3S.C2H6/c1-16-6-5-13-25(16)12-4-3-7-17-8-10-18(11-9-17)22-24-20-14-19(23-2)15-21(20)26-22;1-2/h8-11,16,19,23H,3-7,12-15H2,1-2H3;1-2H3. The van der Waals surface area contributed by atoms with Gasteiger partial charge in [0.25, 0.3) is 0 Å². The van der Waals surface area contributed by atoms with Crippen molar-refractivity contribution in [2.24, 2.45) is 0 Å². The van der Waals surface area contributed by atoms with Gasteiger partial charge in [0.15, 0.2) is 0 Å². The van der Waals surface area contributed by atoms with E-state index in [1.54, 1.807) is 0 Å². The number of likely N-dealkylation sites (tertiary alicyclic amines) is 1. The highest BCUT2D eigenvalue weighted by atomic mass is 32.1. The largest absolute Gasteiger partial charge is 0.316 e. The summed E-state index contributed by atoms with van der Waals surface area (Å²) in [5, 5.41) is 4.57. The summed E-state index contributed by atoms with van der Waals surface area (Å²) in [5.41, 5.74) is 4.05. The number of rotatable bonds is 7.